The Kier molecular flexibility index (Phi) is 4.20. The van der Waals surface area contributed by atoms with Gasteiger partial charge in [-0.1, -0.05) is 78.9 Å². The molecule has 5 aromatic rings. The average Bonchev–Trinajstić information content (AvgIpc) is 3.14. The lowest BCUT2D eigenvalue weighted by atomic mass is 9.97. The van der Waals surface area contributed by atoms with E-state index in [1.54, 1.807) is 12.1 Å². The highest BCUT2D eigenvalue weighted by Crippen LogP contribution is 2.54. The van der Waals surface area contributed by atoms with Gasteiger partial charge in [-0.25, -0.2) is 8.42 Å². The van der Waals surface area contributed by atoms with E-state index in [1.807, 2.05) is 103 Å². The van der Waals surface area contributed by atoms with Crippen LogP contribution in [0.1, 0.15) is 0 Å². The zero-order valence-corrected chi connectivity index (χ0v) is 19.4. The van der Waals surface area contributed by atoms with Gasteiger partial charge in [-0.15, -0.1) is 0 Å². The molecule has 2 aliphatic rings. The molecule has 2 heterocycles. The Bertz CT molecular complexity index is 1710. The van der Waals surface area contributed by atoms with Gasteiger partial charge in [0.15, 0.2) is 11.5 Å². The molecule has 2 aliphatic heterocycles. The molecule has 0 fully saturated rings. The second-order valence-corrected chi connectivity index (χ2v) is 10.4. The largest absolute Gasteiger partial charge is 0.453 e. The summed E-state index contributed by atoms with van der Waals surface area (Å²) in [5.74, 6) is 1.50. The monoisotopic (exact) mass is 473 g/mol. The fraction of sp³-hybridized carbons (Fsp3) is 0. The van der Waals surface area contributed by atoms with E-state index < -0.39 is 9.84 Å². The van der Waals surface area contributed by atoms with Crippen LogP contribution in [0, 0.1) is 0 Å². The third-order valence-corrected chi connectivity index (χ3v) is 8.53. The molecule has 5 heteroatoms. The zero-order valence-electron chi connectivity index (χ0n) is 18.5. The Balaban J connectivity index is 1.52. The minimum atomic E-state index is -3.66. The van der Waals surface area contributed by atoms with Crippen LogP contribution in [0.2, 0.25) is 0 Å². The van der Waals surface area contributed by atoms with Gasteiger partial charge in [0.25, 0.3) is 0 Å². The highest BCUT2D eigenvalue weighted by molar-refractivity contribution is 7.92. The lowest BCUT2D eigenvalue weighted by Gasteiger charge is -2.34. The molecule has 0 saturated heterocycles. The molecule has 0 saturated carbocycles. The van der Waals surface area contributed by atoms with Crippen molar-refractivity contribution in [2.75, 3.05) is 4.90 Å². The summed E-state index contributed by atoms with van der Waals surface area (Å²) in [4.78, 5) is 2.88. The molecule has 0 spiro atoms. The molecule has 0 aliphatic carbocycles. The number of nitrogens with zero attached hydrogens (tertiary/aromatic N) is 1. The van der Waals surface area contributed by atoms with E-state index in [1.165, 1.54) is 0 Å². The first-order valence-corrected chi connectivity index (χ1v) is 12.9. The normalized spacial score (nSPS) is 14.3. The Morgan fingerprint density at radius 2 is 0.971 bits per heavy atom. The molecule has 168 valence electrons. The van der Waals surface area contributed by atoms with Crippen molar-refractivity contribution in [3.05, 3.63) is 115 Å². The van der Waals surface area contributed by atoms with Crippen molar-refractivity contribution in [2.45, 2.75) is 9.79 Å². The zero-order chi connectivity index (χ0) is 23.6. The van der Waals surface area contributed by atoms with E-state index in [-0.39, 0.29) is 0 Å². The predicted octanol–water partition coefficient (Wildman–Crippen LogP) is 7.74. The van der Waals surface area contributed by atoms with Crippen LogP contribution in [-0.4, -0.2) is 8.42 Å². The van der Waals surface area contributed by atoms with Gasteiger partial charge < -0.3 is 9.64 Å². The van der Waals surface area contributed by atoms with Gasteiger partial charge in [0.05, 0.1) is 26.9 Å². The average molecular weight is 474 g/mol. The second-order valence-electron chi connectivity index (χ2n) is 8.57. The van der Waals surface area contributed by atoms with Gasteiger partial charge in [-0.3, -0.25) is 0 Å². The number of hydrogen-bond acceptors (Lipinski definition) is 4. The van der Waals surface area contributed by atoms with Gasteiger partial charge in [-0.05, 0) is 36.4 Å². The summed E-state index contributed by atoms with van der Waals surface area (Å²) in [6, 6.07) is 36.7. The molecular weight excluding hydrogens is 454 g/mol. The van der Waals surface area contributed by atoms with Gasteiger partial charge in [0, 0.05) is 22.3 Å². The lowest BCUT2D eigenvalue weighted by molar-refractivity contribution is 0.477. The summed E-state index contributed by atoms with van der Waals surface area (Å²) in [7, 11) is -3.66. The van der Waals surface area contributed by atoms with Gasteiger partial charge in [0.2, 0.25) is 9.84 Å². The maximum Gasteiger partial charge on any atom is 0.208 e. The van der Waals surface area contributed by atoms with Crippen LogP contribution in [0.4, 0.5) is 17.1 Å². The number of rotatable bonds is 2. The van der Waals surface area contributed by atoms with Crippen LogP contribution in [0.5, 0.6) is 11.5 Å². The molecule has 0 bridgehead atoms. The molecule has 0 amide bonds. The number of para-hydroxylation sites is 5. The smallest absolute Gasteiger partial charge is 0.208 e. The first-order chi connectivity index (χ1) is 17.1. The van der Waals surface area contributed by atoms with Crippen LogP contribution in [0.25, 0.3) is 22.3 Å². The van der Waals surface area contributed by atoms with E-state index in [0.717, 1.165) is 45.3 Å². The van der Waals surface area contributed by atoms with Crippen LogP contribution in [0.15, 0.2) is 125 Å². The third-order valence-electron chi connectivity index (χ3n) is 6.62. The summed E-state index contributed by atoms with van der Waals surface area (Å²) in [6.45, 7) is 0. The number of benzene rings is 5. The summed E-state index contributed by atoms with van der Waals surface area (Å²) in [5, 5.41) is 0. The van der Waals surface area contributed by atoms with Crippen molar-refractivity contribution >= 4 is 26.9 Å². The lowest BCUT2D eigenvalue weighted by Crippen LogP contribution is -2.16. The maximum atomic E-state index is 13.7. The topological polar surface area (TPSA) is 46.6 Å². The standard InChI is InChI=1S/C30H19NO3S/c32-35(33)29-19-8-2-11-21(29)23-13-9-12-22(30(23)35)20-10-1-3-14-24(20)31-25-15-4-6-17-27(25)34-28-18-7-5-16-26(28)31/h1-19H. The Morgan fingerprint density at radius 3 is 1.66 bits per heavy atom. The molecule has 5 aromatic carbocycles. The van der Waals surface area contributed by atoms with E-state index in [0.29, 0.717) is 15.4 Å². The molecule has 0 unspecified atom stereocenters. The fourth-order valence-corrected chi connectivity index (χ4v) is 7.02. The highest BCUT2D eigenvalue weighted by Gasteiger charge is 2.36. The quantitative estimate of drug-likeness (QED) is 0.258. The molecule has 4 nitrogen and oxygen atoms in total. The van der Waals surface area contributed by atoms with E-state index in [9.17, 15) is 8.42 Å². The molecule has 7 rings (SSSR count). The molecule has 0 aromatic heterocycles. The van der Waals surface area contributed by atoms with Crippen molar-refractivity contribution in [1.29, 1.82) is 0 Å². The van der Waals surface area contributed by atoms with Gasteiger partial charge in [0.1, 0.15) is 0 Å². The number of fused-ring (bicyclic) bond motifs is 5. The first-order valence-electron chi connectivity index (χ1n) is 11.4. The van der Waals surface area contributed by atoms with Crippen molar-refractivity contribution in [1.82, 2.24) is 0 Å². The van der Waals surface area contributed by atoms with E-state index in [2.05, 4.69) is 4.90 Å². The van der Waals surface area contributed by atoms with Gasteiger partial charge in [-0.2, -0.15) is 0 Å². The summed E-state index contributed by atoms with van der Waals surface area (Å²) >= 11 is 0. The summed E-state index contributed by atoms with van der Waals surface area (Å²) in [5.41, 5.74) is 5.72. The van der Waals surface area contributed by atoms with Crippen LogP contribution < -0.4 is 9.64 Å². The number of sulfone groups is 1. The number of ether oxygens (including phenoxy) is 1. The molecule has 0 radical (unpaired) electrons. The minimum Gasteiger partial charge on any atom is -0.453 e. The second kappa shape index (κ2) is 7.32. The van der Waals surface area contributed by atoms with Crippen molar-refractivity contribution < 1.29 is 13.2 Å². The number of hydrogen-bond donors (Lipinski definition) is 0. The Labute approximate surface area is 203 Å². The summed E-state index contributed by atoms with van der Waals surface area (Å²) < 4.78 is 33.6. The van der Waals surface area contributed by atoms with E-state index in [4.69, 9.17) is 4.74 Å². The molecular formula is C30H19NO3S. The predicted molar refractivity (Wildman–Crippen MR) is 138 cm³/mol. The SMILES string of the molecule is O=S1(=O)c2ccccc2-c2cccc(-c3ccccc3N3c4ccccc4Oc4ccccc43)c21. The third kappa shape index (κ3) is 2.82. The Morgan fingerprint density at radius 1 is 0.486 bits per heavy atom. The molecule has 0 atom stereocenters. The Hall–Kier alpha value is -4.35. The maximum absolute atomic E-state index is 13.7. The van der Waals surface area contributed by atoms with Crippen LogP contribution in [0.3, 0.4) is 0 Å². The van der Waals surface area contributed by atoms with Crippen LogP contribution >= 0.6 is 0 Å². The first kappa shape index (κ1) is 20.1. The van der Waals surface area contributed by atoms with Crippen molar-refractivity contribution in [2.24, 2.45) is 0 Å². The number of anilines is 3. The molecule has 0 N–H and O–H groups in total. The summed E-state index contributed by atoms with van der Waals surface area (Å²) in [6.07, 6.45) is 0. The van der Waals surface area contributed by atoms with Crippen molar-refractivity contribution in [3.8, 4) is 33.8 Å². The minimum absolute atomic E-state index is 0.363. The van der Waals surface area contributed by atoms with E-state index >= 15 is 0 Å². The van der Waals surface area contributed by atoms with Crippen LogP contribution in [-0.2, 0) is 9.84 Å². The van der Waals surface area contributed by atoms with Crippen molar-refractivity contribution in [3.63, 3.8) is 0 Å². The highest BCUT2D eigenvalue weighted by atomic mass is 32.2. The molecule has 35 heavy (non-hydrogen) atoms. The fourth-order valence-electron chi connectivity index (χ4n) is 5.14. The van der Waals surface area contributed by atoms with Gasteiger partial charge >= 0.3 is 0 Å².